The predicted octanol–water partition coefficient (Wildman–Crippen LogP) is 2.90. The lowest BCUT2D eigenvalue weighted by atomic mass is 9.95. The van der Waals surface area contributed by atoms with Gasteiger partial charge in [0.25, 0.3) is 0 Å². The third kappa shape index (κ3) is 3.99. The first-order valence-electron chi connectivity index (χ1n) is 6.48. The molecule has 3 nitrogen and oxygen atoms in total. The second-order valence-electron chi connectivity index (χ2n) is 4.70. The Kier molecular flexibility index (Phi) is 5.76. The highest BCUT2D eigenvalue weighted by atomic mass is 79.9. The van der Waals surface area contributed by atoms with Crippen LogP contribution in [0.2, 0.25) is 0 Å². The average Bonchev–Trinajstić information content (AvgIpc) is 2.86. The van der Waals surface area contributed by atoms with Gasteiger partial charge in [-0.25, -0.2) is 4.39 Å². The number of ether oxygens (including phenoxy) is 2. The molecule has 0 spiro atoms. The van der Waals surface area contributed by atoms with Gasteiger partial charge in [0.15, 0.2) is 0 Å². The molecule has 0 aliphatic carbocycles. The lowest BCUT2D eigenvalue weighted by molar-refractivity contribution is 0.0890. The number of hydrogen-bond acceptors (Lipinski definition) is 3. The number of methoxy groups -OCH3 is 1. The fourth-order valence-electron chi connectivity index (χ4n) is 2.38. The second-order valence-corrected chi connectivity index (χ2v) is 5.56. The number of hydrogen-bond donors (Lipinski definition) is 1. The standard InChI is InChI=1S/C14H19BrFNO2/c1-18-7-5-17-9-10-4-6-19-14(10)12-8-11(16)2-3-13(12)15/h2-3,8,10,14,17H,4-7,9H2,1H3. The Morgan fingerprint density at radius 3 is 3.16 bits per heavy atom. The third-order valence-electron chi connectivity index (χ3n) is 3.37. The Morgan fingerprint density at radius 1 is 1.53 bits per heavy atom. The summed E-state index contributed by atoms with van der Waals surface area (Å²) >= 11 is 3.47. The minimum Gasteiger partial charge on any atom is -0.383 e. The molecule has 1 saturated heterocycles. The van der Waals surface area contributed by atoms with E-state index in [1.165, 1.54) is 6.07 Å². The molecule has 1 aromatic carbocycles. The van der Waals surface area contributed by atoms with Gasteiger partial charge in [0.2, 0.25) is 0 Å². The van der Waals surface area contributed by atoms with Gasteiger partial charge in [-0.05, 0) is 30.2 Å². The number of nitrogens with one attached hydrogen (secondary N) is 1. The maximum Gasteiger partial charge on any atom is 0.123 e. The van der Waals surface area contributed by atoms with Crippen LogP contribution in [0.4, 0.5) is 4.39 Å². The van der Waals surface area contributed by atoms with Gasteiger partial charge in [-0.2, -0.15) is 0 Å². The molecular formula is C14H19BrFNO2. The van der Waals surface area contributed by atoms with Crippen LogP contribution in [-0.4, -0.2) is 33.4 Å². The molecule has 2 atom stereocenters. The molecule has 5 heteroatoms. The Labute approximate surface area is 121 Å². The average molecular weight is 332 g/mol. The van der Waals surface area contributed by atoms with Crippen molar-refractivity contribution < 1.29 is 13.9 Å². The summed E-state index contributed by atoms with van der Waals surface area (Å²) < 4.78 is 25.1. The zero-order valence-electron chi connectivity index (χ0n) is 11.0. The van der Waals surface area contributed by atoms with Gasteiger partial charge >= 0.3 is 0 Å². The molecule has 0 radical (unpaired) electrons. The van der Waals surface area contributed by atoms with E-state index in [4.69, 9.17) is 9.47 Å². The summed E-state index contributed by atoms with van der Waals surface area (Å²) in [5.41, 5.74) is 0.899. The monoisotopic (exact) mass is 331 g/mol. The molecule has 1 fully saturated rings. The van der Waals surface area contributed by atoms with Crippen molar-refractivity contribution in [2.45, 2.75) is 12.5 Å². The summed E-state index contributed by atoms with van der Waals surface area (Å²) in [5, 5.41) is 3.35. The lowest BCUT2D eigenvalue weighted by Crippen LogP contribution is -2.27. The van der Waals surface area contributed by atoms with Crippen LogP contribution < -0.4 is 5.32 Å². The van der Waals surface area contributed by atoms with Crippen molar-refractivity contribution in [1.82, 2.24) is 5.32 Å². The maximum absolute atomic E-state index is 13.4. The van der Waals surface area contributed by atoms with Gasteiger partial charge in [-0.1, -0.05) is 15.9 Å². The SMILES string of the molecule is COCCNCC1CCOC1c1cc(F)ccc1Br. The van der Waals surface area contributed by atoms with Crippen LogP contribution in [-0.2, 0) is 9.47 Å². The zero-order chi connectivity index (χ0) is 13.7. The van der Waals surface area contributed by atoms with E-state index in [1.807, 2.05) is 0 Å². The van der Waals surface area contributed by atoms with Crippen molar-refractivity contribution in [3.05, 3.63) is 34.1 Å². The summed E-state index contributed by atoms with van der Waals surface area (Å²) in [7, 11) is 1.69. The van der Waals surface area contributed by atoms with E-state index in [0.29, 0.717) is 12.5 Å². The first-order chi connectivity index (χ1) is 9.22. The molecule has 1 aromatic rings. The Morgan fingerprint density at radius 2 is 2.37 bits per heavy atom. The second kappa shape index (κ2) is 7.33. The van der Waals surface area contributed by atoms with Gasteiger partial charge in [-0.3, -0.25) is 0 Å². The van der Waals surface area contributed by atoms with E-state index < -0.39 is 0 Å². The van der Waals surface area contributed by atoms with E-state index in [1.54, 1.807) is 19.2 Å². The molecule has 19 heavy (non-hydrogen) atoms. The fraction of sp³-hybridized carbons (Fsp3) is 0.571. The molecule has 1 heterocycles. The van der Waals surface area contributed by atoms with Crippen LogP contribution in [0.15, 0.2) is 22.7 Å². The summed E-state index contributed by atoms with van der Waals surface area (Å²) in [5.74, 6) is 0.148. The molecule has 2 unspecified atom stereocenters. The first kappa shape index (κ1) is 14.9. The normalized spacial score (nSPS) is 22.9. The predicted molar refractivity (Wildman–Crippen MR) is 75.6 cm³/mol. The summed E-state index contributed by atoms with van der Waals surface area (Å²) in [6, 6.07) is 4.75. The molecule has 0 aromatic heterocycles. The van der Waals surface area contributed by atoms with Gasteiger partial charge in [0.1, 0.15) is 5.82 Å². The highest BCUT2D eigenvalue weighted by molar-refractivity contribution is 9.10. The quantitative estimate of drug-likeness (QED) is 0.813. The molecule has 1 aliphatic heterocycles. The largest absolute Gasteiger partial charge is 0.383 e. The number of halogens is 2. The van der Waals surface area contributed by atoms with Crippen LogP contribution in [0.25, 0.3) is 0 Å². The zero-order valence-corrected chi connectivity index (χ0v) is 12.6. The topological polar surface area (TPSA) is 30.5 Å². The number of rotatable bonds is 6. The minimum atomic E-state index is -0.222. The van der Waals surface area contributed by atoms with Crippen molar-refractivity contribution in [1.29, 1.82) is 0 Å². The van der Waals surface area contributed by atoms with Crippen LogP contribution >= 0.6 is 15.9 Å². The van der Waals surface area contributed by atoms with Crippen molar-refractivity contribution >= 4 is 15.9 Å². The molecule has 0 amide bonds. The molecule has 0 bridgehead atoms. The van der Waals surface area contributed by atoms with E-state index in [2.05, 4.69) is 21.2 Å². The van der Waals surface area contributed by atoms with Gasteiger partial charge in [-0.15, -0.1) is 0 Å². The molecule has 1 N–H and O–H groups in total. The van der Waals surface area contributed by atoms with Crippen LogP contribution in [0.3, 0.4) is 0 Å². The van der Waals surface area contributed by atoms with E-state index in [9.17, 15) is 4.39 Å². The molecule has 2 rings (SSSR count). The first-order valence-corrected chi connectivity index (χ1v) is 7.28. The molecular weight excluding hydrogens is 313 g/mol. The summed E-state index contributed by atoms with van der Waals surface area (Å²) in [6.07, 6.45) is 0.952. The smallest absolute Gasteiger partial charge is 0.123 e. The van der Waals surface area contributed by atoms with Crippen molar-refractivity contribution in [2.24, 2.45) is 5.92 Å². The van der Waals surface area contributed by atoms with Crippen molar-refractivity contribution in [3.8, 4) is 0 Å². The highest BCUT2D eigenvalue weighted by Crippen LogP contribution is 2.37. The van der Waals surface area contributed by atoms with E-state index in [-0.39, 0.29) is 11.9 Å². The lowest BCUT2D eigenvalue weighted by Gasteiger charge is -2.20. The minimum absolute atomic E-state index is 0.0416. The van der Waals surface area contributed by atoms with Crippen molar-refractivity contribution in [2.75, 3.05) is 33.4 Å². The number of benzene rings is 1. The third-order valence-corrected chi connectivity index (χ3v) is 4.09. The fourth-order valence-corrected chi connectivity index (χ4v) is 2.85. The Bertz CT molecular complexity index is 416. The maximum atomic E-state index is 13.4. The Balaban J connectivity index is 1.99. The van der Waals surface area contributed by atoms with Crippen LogP contribution in [0, 0.1) is 11.7 Å². The van der Waals surface area contributed by atoms with Gasteiger partial charge in [0, 0.05) is 37.2 Å². The molecule has 106 valence electrons. The summed E-state index contributed by atoms with van der Waals surface area (Å²) in [6.45, 7) is 3.10. The Hall–Kier alpha value is -0.490. The summed E-state index contributed by atoms with van der Waals surface area (Å²) in [4.78, 5) is 0. The van der Waals surface area contributed by atoms with Crippen molar-refractivity contribution in [3.63, 3.8) is 0 Å². The highest BCUT2D eigenvalue weighted by Gasteiger charge is 2.30. The van der Waals surface area contributed by atoms with E-state index >= 15 is 0 Å². The van der Waals surface area contributed by atoms with Gasteiger partial charge < -0.3 is 14.8 Å². The van der Waals surface area contributed by atoms with Crippen LogP contribution in [0.5, 0.6) is 0 Å². The molecule has 1 aliphatic rings. The van der Waals surface area contributed by atoms with Gasteiger partial charge in [0.05, 0.1) is 12.7 Å². The molecule has 0 saturated carbocycles. The van der Waals surface area contributed by atoms with Crippen LogP contribution in [0.1, 0.15) is 18.1 Å². The van der Waals surface area contributed by atoms with E-state index in [0.717, 1.165) is 36.2 Å².